The Bertz CT molecular complexity index is 891. The minimum atomic E-state index is -0.607. The monoisotopic (exact) mass is 498 g/mol. The number of carbonyl (C=O) groups excluding carboxylic acids is 2. The molecule has 0 unspecified atom stereocenters. The summed E-state index contributed by atoms with van der Waals surface area (Å²) >= 11 is 13.4. The molecule has 1 N–H and O–H groups in total. The first-order valence-corrected chi connectivity index (χ1v) is 12.5. The predicted octanol–water partition coefficient (Wildman–Crippen LogP) is 6.09. The second kappa shape index (κ2) is 13.1. The average Bonchev–Trinajstić information content (AvgIpc) is 2.76. The molecule has 174 valence electrons. The van der Waals surface area contributed by atoms with Gasteiger partial charge in [-0.2, -0.15) is 0 Å². The Kier molecular flexibility index (Phi) is 10.8. The van der Waals surface area contributed by atoms with Crippen molar-refractivity contribution in [2.75, 3.05) is 5.75 Å². The van der Waals surface area contributed by atoms with Crippen LogP contribution in [-0.2, 0) is 21.9 Å². The molecule has 0 aliphatic rings. The maximum absolute atomic E-state index is 14.0. The Balaban J connectivity index is 2.16. The summed E-state index contributed by atoms with van der Waals surface area (Å²) in [5.74, 6) is -0.391. The van der Waals surface area contributed by atoms with E-state index in [1.54, 1.807) is 29.2 Å². The van der Waals surface area contributed by atoms with Crippen molar-refractivity contribution in [1.82, 2.24) is 10.2 Å². The van der Waals surface area contributed by atoms with E-state index in [-0.39, 0.29) is 35.9 Å². The zero-order valence-corrected chi connectivity index (χ0v) is 20.9. The molecule has 2 atom stereocenters. The predicted molar refractivity (Wildman–Crippen MR) is 132 cm³/mol. The molecule has 0 saturated carbocycles. The number of benzene rings is 2. The van der Waals surface area contributed by atoms with Gasteiger partial charge in [-0.3, -0.25) is 9.59 Å². The van der Waals surface area contributed by atoms with Crippen LogP contribution in [0.1, 0.15) is 44.7 Å². The third-order valence-corrected chi connectivity index (χ3v) is 6.74. The van der Waals surface area contributed by atoms with Crippen molar-refractivity contribution >= 4 is 46.8 Å². The van der Waals surface area contributed by atoms with Gasteiger partial charge in [-0.1, -0.05) is 55.2 Å². The molecule has 8 heteroatoms. The van der Waals surface area contributed by atoms with Crippen LogP contribution in [0.15, 0.2) is 42.5 Å². The Labute approximate surface area is 203 Å². The summed E-state index contributed by atoms with van der Waals surface area (Å²) in [5.41, 5.74) is 1.25. The van der Waals surface area contributed by atoms with E-state index in [1.165, 1.54) is 17.8 Å². The number of carbonyl (C=O) groups is 2. The molecule has 0 heterocycles. The summed E-state index contributed by atoms with van der Waals surface area (Å²) in [6.45, 7) is 6.09. The van der Waals surface area contributed by atoms with Crippen LogP contribution in [0.3, 0.4) is 0 Å². The van der Waals surface area contributed by atoms with Crippen LogP contribution in [-0.4, -0.2) is 34.6 Å². The molecule has 0 aliphatic carbocycles. The van der Waals surface area contributed by atoms with Crippen molar-refractivity contribution in [1.29, 1.82) is 0 Å². The molecule has 0 fully saturated rings. The molecular weight excluding hydrogens is 470 g/mol. The fraction of sp³-hybridized carbons (Fsp3) is 0.417. The highest BCUT2D eigenvalue weighted by Gasteiger charge is 2.29. The van der Waals surface area contributed by atoms with E-state index in [2.05, 4.69) is 5.32 Å². The van der Waals surface area contributed by atoms with Crippen LogP contribution in [0.2, 0.25) is 10.0 Å². The number of rotatable bonds is 11. The zero-order chi connectivity index (χ0) is 23.7. The molecule has 32 heavy (non-hydrogen) atoms. The number of nitrogens with one attached hydrogen (secondary N) is 1. The van der Waals surface area contributed by atoms with Crippen molar-refractivity contribution in [2.45, 2.75) is 58.0 Å². The van der Waals surface area contributed by atoms with Gasteiger partial charge in [0.05, 0.1) is 5.75 Å². The van der Waals surface area contributed by atoms with Crippen LogP contribution in [0.4, 0.5) is 4.39 Å². The van der Waals surface area contributed by atoms with E-state index in [1.807, 2.05) is 32.9 Å². The van der Waals surface area contributed by atoms with Gasteiger partial charge in [-0.05, 0) is 49.6 Å². The summed E-state index contributed by atoms with van der Waals surface area (Å²) in [4.78, 5) is 27.7. The number of hydrogen-bond donors (Lipinski definition) is 1. The average molecular weight is 499 g/mol. The van der Waals surface area contributed by atoms with Gasteiger partial charge in [0.25, 0.3) is 0 Å². The fourth-order valence-corrected chi connectivity index (χ4v) is 4.52. The normalized spacial score (nSPS) is 12.8. The van der Waals surface area contributed by atoms with E-state index in [9.17, 15) is 14.0 Å². The van der Waals surface area contributed by atoms with Crippen molar-refractivity contribution in [2.24, 2.45) is 0 Å². The maximum Gasteiger partial charge on any atom is 0.243 e. The molecule has 2 aromatic rings. The van der Waals surface area contributed by atoms with Gasteiger partial charge < -0.3 is 10.2 Å². The van der Waals surface area contributed by atoms with E-state index in [4.69, 9.17) is 23.2 Å². The molecule has 0 radical (unpaired) electrons. The summed E-state index contributed by atoms with van der Waals surface area (Å²) in [7, 11) is 0. The molecule has 0 spiro atoms. The smallest absolute Gasteiger partial charge is 0.243 e. The fourth-order valence-electron chi connectivity index (χ4n) is 3.14. The third-order valence-electron chi connectivity index (χ3n) is 5.19. The Morgan fingerprint density at radius 3 is 2.38 bits per heavy atom. The lowest BCUT2D eigenvalue weighted by Crippen LogP contribution is -2.51. The molecule has 2 aromatic carbocycles. The van der Waals surface area contributed by atoms with Gasteiger partial charge in [0, 0.05) is 33.9 Å². The van der Waals surface area contributed by atoms with Crippen LogP contribution in [0, 0.1) is 5.82 Å². The van der Waals surface area contributed by atoms with Gasteiger partial charge in [-0.25, -0.2) is 4.39 Å². The van der Waals surface area contributed by atoms with Crippen LogP contribution in [0.25, 0.3) is 0 Å². The highest BCUT2D eigenvalue weighted by atomic mass is 35.5. The molecule has 0 saturated heterocycles. The van der Waals surface area contributed by atoms with Crippen molar-refractivity contribution in [3.05, 3.63) is 69.5 Å². The first kappa shape index (κ1) is 26.5. The van der Waals surface area contributed by atoms with Crippen molar-refractivity contribution < 1.29 is 14.0 Å². The second-order valence-electron chi connectivity index (χ2n) is 7.58. The summed E-state index contributed by atoms with van der Waals surface area (Å²) < 4.78 is 14.0. The summed E-state index contributed by atoms with van der Waals surface area (Å²) in [5, 5.41) is 3.92. The van der Waals surface area contributed by atoms with Crippen molar-refractivity contribution in [3.8, 4) is 0 Å². The van der Waals surface area contributed by atoms with Gasteiger partial charge >= 0.3 is 0 Å². The number of hydrogen-bond acceptors (Lipinski definition) is 3. The van der Waals surface area contributed by atoms with Gasteiger partial charge in [0.1, 0.15) is 11.9 Å². The number of amides is 2. The highest BCUT2D eigenvalue weighted by Crippen LogP contribution is 2.25. The van der Waals surface area contributed by atoms with Gasteiger partial charge in [-0.15, -0.1) is 11.8 Å². The quantitative estimate of drug-likeness (QED) is 0.407. The van der Waals surface area contributed by atoms with E-state index < -0.39 is 11.9 Å². The molecular formula is C24H29Cl2FN2O2S. The van der Waals surface area contributed by atoms with Crippen LogP contribution < -0.4 is 5.32 Å². The lowest BCUT2D eigenvalue weighted by Gasteiger charge is -2.31. The first-order valence-electron chi connectivity index (χ1n) is 10.6. The molecule has 0 bridgehead atoms. The van der Waals surface area contributed by atoms with Crippen molar-refractivity contribution in [3.63, 3.8) is 0 Å². The molecule has 4 nitrogen and oxygen atoms in total. The Morgan fingerprint density at radius 1 is 1.09 bits per heavy atom. The minimum absolute atomic E-state index is 0.0154. The lowest BCUT2D eigenvalue weighted by atomic mass is 10.1. The van der Waals surface area contributed by atoms with Gasteiger partial charge in [0.2, 0.25) is 11.8 Å². The van der Waals surface area contributed by atoms with E-state index >= 15 is 0 Å². The lowest BCUT2D eigenvalue weighted by molar-refractivity contribution is -0.139. The van der Waals surface area contributed by atoms with Crippen LogP contribution >= 0.6 is 35.0 Å². The largest absolute Gasteiger partial charge is 0.352 e. The second-order valence-corrected chi connectivity index (χ2v) is 9.41. The third kappa shape index (κ3) is 7.68. The van der Waals surface area contributed by atoms with E-state index in [0.717, 1.165) is 12.0 Å². The molecule has 2 rings (SSSR count). The van der Waals surface area contributed by atoms with Gasteiger partial charge in [0.15, 0.2) is 0 Å². The van der Waals surface area contributed by atoms with Crippen LogP contribution in [0.5, 0.6) is 0 Å². The highest BCUT2D eigenvalue weighted by molar-refractivity contribution is 7.99. The summed E-state index contributed by atoms with van der Waals surface area (Å²) in [6, 6.07) is 11.1. The minimum Gasteiger partial charge on any atom is -0.352 e. The number of thioether (sulfide) groups is 1. The summed E-state index contributed by atoms with van der Waals surface area (Å²) in [6.07, 6.45) is 1.28. The zero-order valence-electron chi connectivity index (χ0n) is 18.5. The van der Waals surface area contributed by atoms with E-state index in [0.29, 0.717) is 22.0 Å². The maximum atomic E-state index is 14.0. The SMILES string of the molecule is CC[C@@H](C)NC(=O)[C@H](CC)N(Cc1ccc(Cl)cc1)C(=O)CSCc1c(F)cccc1Cl. The molecule has 0 aliphatic heterocycles. The number of nitrogens with zero attached hydrogens (tertiary/aromatic N) is 1. The Morgan fingerprint density at radius 2 is 1.78 bits per heavy atom. The molecule has 0 aromatic heterocycles. The number of halogens is 3. The topological polar surface area (TPSA) is 49.4 Å². The molecule has 2 amide bonds. The standard InChI is InChI=1S/C24H29Cl2FN2O2S/c1-4-16(3)28-24(31)22(5-2)29(13-17-9-11-18(25)12-10-17)23(30)15-32-14-19-20(26)7-6-8-21(19)27/h6-12,16,22H,4-5,13-15H2,1-3H3,(H,28,31)/t16-,22+/m1/s1. The first-order chi connectivity index (χ1) is 15.3. The Hall–Kier alpha value is -1.76.